The molecule has 1 aliphatic heterocycles. The molecule has 1 amide bonds. The van der Waals surface area contributed by atoms with Gasteiger partial charge in [0, 0.05) is 38.8 Å². The van der Waals surface area contributed by atoms with Crippen LogP contribution in [0.5, 0.6) is 5.75 Å². The summed E-state index contributed by atoms with van der Waals surface area (Å²) >= 11 is 0. The maximum absolute atomic E-state index is 12.5. The van der Waals surface area contributed by atoms with Crippen molar-refractivity contribution in [1.82, 2.24) is 9.80 Å². The van der Waals surface area contributed by atoms with Crippen molar-refractivity contribution in [2.24, 2.45) is 0 Å². The summed E-state index contributed by atoms with van der Waals surface area (Å²) < 4.78 is 48.3. The number of piperazine rings is 1. The zero-order chi connectivity index (χ0) is 23.7. The third-order valence-corrected chi connectivity index (χ3v) is 5.09. The molecule has 0 aliphatic carbocycles. The van der Waals surface area contributed by atoms with E-state index in [4.69, 9.17) is 9.47 Å². The Bertz CT molecular complexity index is 938. The number of hydrogen-bond donors (Lipinski definition) is 0. The molecule has 0 atom stereocenters. The summed E-state index contributed by atoms with van der Waals surface area (Å²) in [6.45, 7) is 1.57. The fraction of sp³-hybridized carbons (Fsp3) is 0.333. The van der Waals surface area contributed by atoms with Gasteiger partial charge in [0.2, 0.25) is 0 Å². The van der Waals surface area contributed by atoms with Gasteiger partial charge in [0.25, 0.3) is 0 Å². The van der Waals surface area contributed by atoms with E-state index >= 15 is 0 Å². The number of carbonyl (C=O) groups is 2. The third-order valence-electron chi connectivity index (χ3n) is 5.09. The molecule has 0 unspecified atom stereocenters. The smallest absolute Gasteiger partial charge is 0.471 e. The normalized spacial score (nSPS) is 14.9. The quantitative estimate of drug-likeness (QED) is 0.444. The lowest BCUT2D eigenvalue weighted by Crippen LogP contribution is -2.52. The van der Waals surface area contributed by atoms with Crippen LogP contribution in [0.1, 0.15) is 11.1 Å². The highest BCUT2D eigenvalue weighted by atomic mass is 19.4. The van der Waals surface area contributed by atoms with Crippen molar-refractivity contribution in [3.05, 3.63) is 71.8 Å². The molecule has 1 fully saturated rings. The Morgan fingerprint density at radius 3 is 2.24 bits per heavy atom. The lowest BCUT2D eigenvalue weighted by Gasteiger charge is -2.34. The Kier molecular flexibility index (Phi) is 8.48. The number of benzene rings is 2. The molecule has 1 aliphatic rings. The Morgan fingerprint density at radius 2 is 1.61 bits per heavy atom. The number of nitrogens with zero attached hydrogens (tertiary/aromatic N) is 2. The molecule has 0 bridgehead atoms. The molecule has 176 valence electrons. The summed E-state index contributed by atoms with van der Waals surface area (Å²) in [4.78, 5) is 25.8. The van der Waals surface area contributed by atoms with Crippen molar-refractivity contribution in [1.29, 1.82) is 0 Å². The number of ether oxygens (including phenoxy) is 2. The van der Waals surface area contributed by atoms with Gasteiger partial charge in [-0.15, -0.1) is 0 Å². The van der Waals surface area contributed by atoms with E-state index in [0.29, 0.717) is 26.2 Å². The van der Waals surface area contributed by atoms with Gasteiger partial charge in [-0.05, 0) is 29.3 Å². The number of alkyl halides is 3. The SMILES string of the molecule is O=C(/C=C/c1ccc(OCc2ccccc2)cc1)OCCN1CCN(C(=O)C(F)(F)F)CC1. The first-order chi connectivity index (χ1) is 15.8. The Labute approximate surface area is 190 Å². The lowest BCUT2D eigenvalue weighted by molar-refractivity contribution is -0.187. The topological polar surface area (TPSA) is 59.1 Å². The molecule has 0 spiro atoms. The van der Waals surface area contributed by atoms with Crippen molar-refractivity contribution < 1.29 is 32.2 Å². The first kappa shape index (κ1) is 24.3. The maximum Gasteiger partial charge on any atom is 0.471 e. The van der Waals surface area contributed by atoms with Gasteiger partial charge >= 0.3 is 18.1 Å². The van der Waals surface area contributed by atoms with Crippen molar-refractivity contribution in [3.8, 4) is 5.75 Å². The number of hydrogen-bond acceptors (Lipinski definition) is 5. The second kappa shape index (κ2) is 11.5. The van der Waals surface area contributed by atoms with E-state index in [9.17, 15) is 22.8 Å². The van der Waals surface area contributed by atoms with E-state index < -0.39 is 18.1 Å². The van der Waals surface area contributed by atoms with E-state index in [1.807, 2.05) is 59.5 Å². The average Bonchev–Trinajstić information content (AvgIpc) is 2.82. The van der Waals surface area contributed by atoms with Crippen LogP contribution in [0.15, 0.2) is 60.7 Å². The average molecular weight is 462 g/mol. The second-order valence-corrected chi connectivity index (χ2v) is 7.48. The minimum Gasteiger partial charge on any atom is -0.489 e. The van der Waals surface area contributed by atoms with Crippen LogP contribution in [0, 0.1) is 0 Å². The Balaban J connectivity index is 1.34. The molecule has 0 N–H and O–H groups in total. The van der Waals surface area contributed by atoms with Crippen molar-refractivity contribution in [3.63, 3.8) is 0 Å². The number of carbonyl (C=O) groups excluding carboxylic acids is 2. The molecular formula is C24H25F3N2O4. The van der Waals surface area contributed by atoms with Crippen LogP contribution in [0.2, 0.25) is 0 Å². The van der Waals surface area contributed by atoms with E-state index in [2.05, 4.69) is 0 Å². The van der Waals surface area contributed by atoms with Crippen LogP contribution in [0.4, 0.5) is 13.2 Å². The highest BCUT2D eigenvalue weighted by Crippen LogP contribution is 2.19. The molecule has 6 nitrogen and oxygen atoms in total. The van der Waals surface area contributed by atoms with Crippen molar-refractivity contribution in [2.45, 2.75) is 12.8 Å². The van der Waals surface area contributed by atoms with Gasteiger partial charge in [0.1, 0.15) is 19.0 Å². The van der Waals surface area contributed by atoms with Crippen LogP contribution in [0.3, 0.4) is 0 Å². The van der Waals surface area contributed by atoms with Gasteiger partial charge in [-0.25, -0.2) is 4.79 Å². The lowest BCUT2D eigenvalue weighted by atomic mass is 10.2. The predicted molar refractivity (Wildman–Crippen MR) is 116 cm³/mol. The standard InChI is InChI=1S/C24H25F3N2O4/c25-24(26,27)23(31)29-14-12-28(13-15-29)16-17-32-22(30)11-8-19-6-9-21(10-7-19)33-18-20-4-2-1-3-5-20/h1-11H,12-18H2/b11-8+. The molecule has 0 saturated carbocycles. The first-order valence-corrected chi connectivity index (χ1v) is 10.5. The summed E-state index contributed by atoms with van der Waals surface area (Å²) in [6, 6.07) is 17.1. The molecule has 1 heterocycles. The zero-order valence-electron chi connectivity index (χ0n) is 18.0. The van der Waals surface area contributed by atoms with Crippen LogP contribution >= 0.6 is 0 Å². The van der Waals surface area contributed by atoms with Gasteiger partial charge in [-0.1, -0.05) is 42.5 Å². The minimum absolute atomic E-state index is 0.00273. The summed E-state index contributed by atoms with van der Waals surface area (Å²) in [5.74, 6) is -1.60. The zero-order valence-corrected chi connectivity index (χ0v) is 18.0. The molecule has 9 heteroatoms. The van der Waals surface area contributed by atoms with E-state index in [1.54, 1.807) is 6.08 Å². The molecule has 0 aromatic heterocycles. The van der Waals surface area contributed by atoms with Gasteiger partial charge in [-0.3, -0.25) is 9.69 Å². The highest BCUT2D eigenvalue weighted by molar-refractivity contribution is 5.87. The number of amides is 1. The first-order valence-electron chi connectivity index (χ1n) is 10.5. The molecule has 2 aromatic carbocycles. The molecule has 3 rings (SSSR count). The summed E-state index contributed by atoms with van der Waals surface area (Å²) in [5, 5.41) is 0. The summed E-state index contributed by atoms with van der Waals surface area (Å²) in [7, 11) is 0. The number of esters is 1. The highest BCUT2D eigenvalue weighted by Gasteiger charge is 2.43. The van der Waals surface area contributed by atoms with Crippen molar-refractivity contribution in [2.75, 3.05) is 39.3 Å². The number of halogens is 3. The summed E-state index contributed by atoms with van der Waals surface area (Å²) in [5.41, 5.74) is 1.88. The largest absolute Gasteiger partial charge is 0.489 e. The molecular weight excluding hydrogens is 437 g/mol. The minimum atomic E-state index is -4.85. The van der Waals surface area contributed by atoms with E-state index in [0.717, 1.165) is 21.8 Å². The van der Waals surface area contributed by atoms with Gasteiger partial charge in [-0.2, -0.15) is 13.2 Å². The van der Waals surface area contributed by atoms with Gasteiger partial charge in [0.15, 0.2) is 0 Å². The second-order valence-electron chi connectivity index (χ2n) is 7.48. The summed E-state index contributed by atoms with van der Waals surface area (Å²) in [6.07, 6.45) is -1.90. The van der Waals surface area contributed by atoms with Gasteiger partial charge in [0.05, 0.1) is 0 Å². The molecule has 0 radical (unpaired) electrons. The Hall–Kier alpha value is -3.33. The van der Waals surface area contributed by atoms with E-state index in [1.165, 1.54) is 6.08 Å². The molecule has 1 saturated heterocycles. The predicted octanol–water partition coefficient (Wildman–Crippen LogP) is 3.53. The monoisotopic (exact) mass is 462 g/mol. The maximum atomic E-state index is 12.5. The van der Waals surface area contributed by atoms with Crippen molar-refractivity contribution >= 4 is 18.0 Å². The fourth-order valence-corrected chi connectivity index (χ4v) is 3.26. The van der Waals surface area contributed by atoms with Gasteiger partial charge < -0.3 is 14.4 Å². The number of rotatable bonds is 8. The third kappa shape index (κ3) is 7.94. The fourth-order valence-electron chi connectivity index (χ4n) is 3.26. The van der Waals surface area contributed by atoms with Crippen LogP contribution in [-0.4, -0.2) is 67.2 Å². The van der Waals surface area contributed by atoms with Crippen LogP contribution in [0.25, 0.3) is 6.08 Å². The van der Waals surface area contributed by atoms with E-state index in [-0.39, 0.29) is 19.7 Å². The molecule has 33 heavy (non-hydrogen) atoms. The Morgan fingerprint density at radius 1 is 0.939 bits per heavy atom. The van der Waals surface area contributed by atoms with Crippen LogP contribution < -0.4 is 4.74 Å². The van der Waals surface area contributed by atoms with Crippen LogP contribution in [-0.2, 0) is 20.9 Å². The molecule has 2 aromatic rings.